The molecule has 0 aliphatic heterocycles. The number of rotatable bonds is 4. The molecule has 6 heteroatoms. The highest BCUT2D eigenvalue weighted by Gasteiger charge is 2.11. The minimum Gasteiger partial charge on any atom is -0.345 e. The fourth-order valence-electron chi connectivity index (χ4n) is 2.10. The topological polar surface area (TPSA) is 59.8 Å². The van der Waals surface area contributed by atoms with Crippen LogP contribution in [-0.2, 0) is 6.54 Å². The molecule has 1 aromatic heterocycles. The van der Waals surface area contributed by atoms with E-state index < -0.39 is 5.91 Å². The average molecular weight is 310 g/mol. The standard InChI is InChI=1S/C17H15FN4O/c1-12-5-7-15(8-6-12)22-11-20-16(21-22)17(23)19-10-13-3-2-4-14(18)9-13/h2-9,11H,10H2,1H3,(H,19,23). The molecule has 0 aliphatic rings. The van der Waals surface area contributed by atoms with Crippen molar-refractivity contribution in [3.63, 3.8) is 0 Å². The van der Waals surface area contributed by atoms with Gasteiger partial charge in [-0.1, -0.05) is 29.8 Å². The largest absolute Gasteiger partial charge is 0.345 e. The molecular weight excluding hydrogens is 295 g/mol. The van der Waals surface area contributed by atoms with Crippen molar-refractivity contribution in [2.75, 3.05) is 0 Å². The first-order valence-corrected chi connectivity index (χ1v) is 7.13. The number of benzene rings is 2. The molecule has 1 heterocycles. The molecule has 2 aromatic carbocycles. The molecule has 0 fully saturated rings. The van der Waals surface area contributed by atoms with Crippen LogP contribution in [0.4, 0.5) is 4.39 Å². The van der Waals surface area contributed by atoms with Gasteiger partial charge in [-0.3, -0.25) is 4.79 Å². The number of halogens is 1. The monoisotopic (exact) mass is 310 g/mol. The Morgan fingerprint density at radius 1 is 1.22 bits per heavy atom. The lowest BCUT2D eigenvalue weighted by Crippen LogP contribution is -2.24. The zero-order valence-corrected chi connectivity index (χ0v) is 12.5. The van der Waals surface area contributed by atoms with Crippen molar-refractivity contribution in [3.05, 3.63) is 77.6 Å². The number of nitrogens with one attached hydrogen (secondary N) is 1. The summed E-state index contributed by atoms with van der Waals surface area (Å²) in [5.74, 6) is -0.666. The van der Waals surface area contributed by atoms with E-state index in [1.807, 2.05) is 31.2 Å². The fourth-order valence-corrected chi connectivity index (χ4v) is 2.10. The highest BCUT2D eigenvalue weighted by Crippen LogP contribution is 2.08. The van der Waals surface area contributed by atoms with Crippen molar-refractivity contribution >= 4 is 5.91 Å². The van der Waals surface area contributed by atoms with Gasteiger partial charge in [0.1, 0.15) is 12.1 Å². The number of carbonyl (C=O) groups excluding carboxylic acids is 1. The van der Waals surface area contributed by atoms with Gasteiger partial charge in [-0.25, -0.2) is 14.1 Å². The van der Waals surface area contributed by atoms with Gasteiger partial charge in [0, 0.05) is 6.54 Å². The molecule has 0 saturated carbocycles. The van der Waals surface area contributed by atoms with Crippen molar-refractivity contribution < 1.29 is 9.18 Å². The van der Waals surface area contributed by atoms with E-state index >= 15 is 0 Å². The lowest BCUT2D eigenvalue weighted by atomic mass is 10.2. The van der Waals surface area contributed by atoms with E-state index in [0.29, 0.717) is 5.56 Å². The van der Waals surface area contributed by atoms with Crippen LogP contribution in [0.1, 0.15) is 21.7 Å². The van der Waals surface area contributed by atoms with Gasteiger partial charge < -0.3 is 5.32 Å². The number of aromatic nitrogens is 3. The quantitative estimate of drug-likeness (QED) is 0.806. The van der Waals surface area contributed by atoms with Gasteiger partial charge in [0.2, 0.25) is 5.82 Å². The van der Waals surface area contributed by atoms with Crippen LogP contribution >= 0.6 is 0 Å². The van der Waals surface area contributed by atoms with Gasteiger partial charge in [-0.05, 0) is 36.8 Å². The molecule has 0 aliphatic carbocycles. The Labute approximate surface area is 132 Å². The van der Waals surface area contributed by atoms with Crippen molar-refractivity contribution in [1.29, 1.82) is 0 Å². The molecule has 0 radical (unpaired) electrons. The van der Waals surface area contributed by atoms with Crippen molar-refractivity contribution in [3.8, 4) is 5.69 Å². The normalized spacial score (nSPS) is 10.5. The minimum atomic E-state index is -0.403. The molecular formula is C17H15FN4O. The van der Waals surface area contributed by atoms with Gasteiger partial charge in [0.25, 0.3) is 5.91 Å². The maximum atomic E-state index is 13.1. The second-order valence-electron chi connectivity index (χ2n) is 5.16. The SMILES string of the molecule is Cc1ccc(-n2cnc(C(=O)NCc3cccc(F)c3)n2)cc1. The van der Waals surface area contributed by atoms with Crippen molar-refractivity contribution in [2.24, 2.45) is 0 Å². The Kier molecular flexibility index (Phi) is 4.14. The number of hydrogen-bond donors (Lipinski definition) is 1. The number of amides is 1. The third kappa shape index (κ3) is 3.60. The van der Waals surface area contributed by atoms with E-state index in [1.54, 1.807) is 12.1 Å². The number of carbonyl (C=O) groups is 1. The molecule has 0 spiro atoms. The van der Waals surface area contributed by atoms with E-state index in [1.165, 1.54) is 23.1 Å². The van der Waals surface area contributed by atoms with Crippen LogP contribution in [0.25, 0.3) is 5.69 Å². The summed E-state index contributed by atoms with van der Waals surface area (Å²) in [6.07, 6.45) is 1.49. The van der Waals surface area contributed by atoms with Crippen LogP contribution in [0.15, 0.2) is 54.9 Å². The Balaban J connectivity index is 1.67. The van der Waals surface area contributed by atoms with Crippen LogP contribution in [0.5, 0.6) is 0 Å². The smallest absolute Gasteiger partial charge is 0.291 e. The fraction of sp³-hybridized carbons (Fsp3) is 0.118. The van der Waals surface area contributed by atoms with Crippen LogP contribution in [0.3, 0.4) is 0 Å². The molecule has 5 nitrogen and oxygen atoms in total. The van der Waals surface area contributed by atoms with Crippen molar-refractivity contribution in [1.82, 2.24) is 20.1 Å². The van der Waals surface area contributed by atoms with Gasteiger partial charge in [0.05, 0.1) is 5.69 Å². The average Bonchev–Trinajstić information content (AvgIpc) is 3.03. The van der Waals surface area contributed by atoms with E-state index in [2.05, 4.69) is 15.4 Å². The van der Waals surface area contributed by atoms with E-state index in [-0.39, 0.29) is 18.2 Å². The third-order valence-corrected chi connectivity index (χ3v) is 3.34. The first-order chi connectivity index (χ1) is 11.1. The van der Waals surface area contributed by atoms with E-state index in [0.717, 1.165) is 11.3 Å². The molecule has 23 heavy (non-hydrogen) atoms. The molecule has 0 unspecified atom stereocenters. The molecule has 1 N–H and O–H groups in total. The van der Waals surface area contributed by atoms with Crippen LogP contribution in [0, 0.1) is 12.7 Å². The summed E-state index contributed by atoms with van der Waals surface area (Å²) >= 11 is 0. The Morgan fingerprint density at radius 3 is 2.74 bits per heavy atom. The highest BCUT2D eigenvalue weighted by atomic mass is 19.1. The summed E-state index contributed by atoms with van der Waals surface area (Å²) in [7, 11) is 0. The Hall–Kier alpha value is -3.02. The highest BCUT2D eigenvalue weighted by molar-refractivity contribution is 5.90. The molecule has 0 saturated heterocycles. The summed E-state index contributed by atoms with van der Waals surface area (Å²) in [5, 5.41) is 6.83. The Bertz CT molecular complexity index is 827. The summed E-state index contributed by atoms with van der Waals surface area (Å²) in [6, 6.07) is 13.8. The summed E-state index contributed by atoms with van der Waals surface area (Å²) in [5.41, 5.74) is 2.64. The van der Waals surface area contributed by atoms with Crippen LogP contribution in [-0.4, -0.2) is 20.7 Å². The summed E-state index contributed by atoms with van der Waals surface area (Å²) in [4.78, 5) is 16.1. The maximum Gasteiger partial charge on any atom is 0.291 e. The van der Waals surface area contributed by atoms with Gasteiger partial charge in [-0.15, -0.1) is 5.10 Å². The molecule has 1 amide bonds. The van der Waals surface area contributed by atoms with E-state index in [4.69, 9.17) is 0 Å². The second-order valence-corrected chi connectivity index (χ2v) is 5.16. The summed E-state index contributed by atoms with van der Waals surface area (Å²) in [6.45, 7) is 2.21. The number of nitrogens with zero attached hydrogens (tertiary/aromatic N) is 3. The van der Waals surface area contributed by atoms with Crippen LogP contribution < -0.4 is 5.32 Å². The zero-order valence-electron chi connectivity index (χ0n) is 12.5. The van der Waals surface area contributed by atoms with Gasteiger partial charge >= 0.3 is 0 Å². The molecule has 3 aromatic rings. The number of hydrogen-bond acceptors (Lipinski definition) is 3. The zero-order chi connectivity index (χ0) is 16.2. The lowest BCUT2D eigenvalue weighted by Gasteiger charge is -2.03. The molecule has 3 rings (SSSR count). The molecule has 116 valence electrons. The second kappa shape index (κ2) is 6.39. The third-order valence-electron chi connectivity index (χ3n) is 3.34. The minimum absolute atomic E-state index is 0.0713. The maximum absolute atomic E-state index is 13.1. The summed E-state index contributed by atoms with van der Waals surface area (Å²) < 4.78 is 14.6. The first-order valence-electron chi connectivity index (χ1n) is 7.13. The first kappa shape index (κ1) is 14.9. The lowest BCUT2D eigenvalue weighted by molar-refractivity contribution is 0.0940. The Morgan fingerprint density at radius 2 is 2.00 bits per heavy atom. The molecule has 0 bridgehead atoms. The van der Waals surface area contributed by atoms with E-state index in [9.17, 15) is 9.18 Å². The predicted octanol–water partition coefficient (Wildman–Crippen LogP) is 2.64. The van der Waals surface area contributed by atoms with Gasteiger partial charge in [-0.2, -0.15) is 0 Å². The van der Waals surface area contributed by atoms with Crippen LogP contribution in [0.2, 0.25) is 0 Å². The van der Waals surface area contributed by atoms with Gasteiger partial charge in [0.15, 0.2) is 0 Å². The van der Waals surface area contributed by atoms with Crippen molar-refractivity contribution in [2.45, 2.75) is 13.5 Å². The predicted molar refractivity (Wildman–Crippen MR) is 83.7 cm³/mol. The molecule has 0 atom stereocenters. The number of aryl methyl sites for hydroxylation is 1.